The van der Waals surface area contributed by atoms with Gasteiger partial charge in [-0.3, -0.25) is 4.79 Å². The van der Waals surface area contributed by atoms with Crippen molar-refractivity contribution in [3.63, 3.8) is 0 Å². The third kappa shape index (κ3) is 5.47. The fourth-order valence-electron chi connectivity index (χ4n) is 3.40. The van der Waals surface area contributed by atoms with E-state index in [9.17, 15) is 13.2 Å². The number of rotatable bonds is 5. The van der Waals surface area contributed by atoms with Crippen LogP contribution in [0.3, 0.4) is 0 Å². The summed E-state index contributed by atoms with van der Waals surface area (Å²) < 4.78 is 32.4. The van der Waals surface area contributed by atoms with E-state index in [1.54, 1.807) is 0 Å². The summed E-state index contributed by atoms with van der Waals surface area (Å²) in [6.07, 6.45) is 0. The number of nitrogens with zero attached hydrogens (tertiary/aromatic N) is 1. The number of carbonyl (C=O) groups is 1. The molecule has 0 saturated carbocycles. The van der Waals surface area contributed by atoms with E-state index < -0.39 is 15.9 Å². The molecule has 0 bridgehead atoms. The summed E-state index contributed by atoms with van der Waals surface area (Å²) in [5.74, 6) is -0.420. The van der Waals surface area contributed by atoms with Crippen molar-refractivity contribution in [1.82, 2.24) is 9.62 Å². The van der Waals surface area contributed by atoms with Gasteiger partial charge >= 0.3 is 0 Å². The van der Waals surface area contributed by atoms with Crippen LogP contribution >= 0.6 is 11.6 Å². The van der Waals surface area contributed by atoms with Gasteiger partial charge in [0.25, 0.3) is 5.91 Å². The van der Waals surface area contributed by atoms with E-state index in [4.69, 9.17) is 16.3 Å². The van der Waals surface area contributed by atoms with Gasteiger partial charge < -0.3 is 10.1 Å². The fraction of sp³-hybridized carbons (Fsp3) is 0.435. The van der Waals surface area contributed by atoms with Gasteiger partial charge in [0.1, 0.15) is 0 Å². The molecule has 168 valence electrons. The minimum Gasteiger partial charge on any atom is -0.379 e. The molecule has 0 radical (unpaired) electrons. The van der Waals surface area contributed by atoms with E-state index in [1.807, 2.05) is 19.1 Å². The van der Waals surface area contributed by atoms with Gasteiger partial charge in [-0.05, 0) is 41.7 Å². The first-order valence-electron chi connectivity index (χ1n) is 10.3. The maximum atomic E-state index is 12.9. The number of sulfonamides is 1. The van der Waals surface area contributed by atoms with E-state index >= 15 is 0 Å². The summed E-state index contributed by atoms with van der Waals surface area (Å²) in [5.41, 5.74) is 2.34. The maximum Gasteiger partial charge on any atom is 0.253 e. The monoisotopic (exact) mass is 464 g/mol. The second-order valence-electron chi connectivity index (χ2n) is 8.73. The molecule has 0 aliphatic carbocycles. The van der Waals surface area contributed by atoms with Crippen molar-refractivity contribution in [3.05, 3.63) is 64.2 Å². The molecule has 1 N–H and O–H groups in total. The normalized spacial score (nSPS) is 16.7. The Morgan fingerprint density at radius 2 is 1.71 bits per heavy atom. The van der Waals surface area contributed by atoms with Gasteiger partial charge in [-0.25, -0.2) is 8.42 Å². The van der Waals surface area contributed by atoms with E-state index in [2.05, 4.69) is 38.2 Å². The number of hydrogen-bond donors (Lipinski definition) is 1. The predicted molar refractivity (Wildman–Crippen MR) is 122 cm³/mol. The van der Waals surface area contributed by atoms with Crippen molar-refractivity contribution >= 4 is 27.5 Å². The number of ether oxygens (including phenoxy) is 1. The highest BCUT2D eigenvalue weighted by Crippen LogP contribution is 2.26. The summed E-state index contributed by atoms with van der Waals surface area (Å²) in [6, 6.07) is 12.1. The summed E-state index contributed by atoms with van der Waals surface area (Å²) in [4.78, 5) is 13.0. The Balaban J connectivity index is 1.79. The average molecular weight is 465 g/mol. The first-order valence-corrected chi connectivity index (χ1v) is 12.1. The van der Waals surface area contributed by atoms with Gasteiger partial charge in [0, 0.05) is 13.1 Å². The molecular formula is C23H29ClN2O4S. The Hall–Kier alpha value is -1.93. The lowest BCUT2D eigenvalue weighted by Crippen LogP contribution is -2.40. The Kier molecular flexibility index (Phi) is 7.11. The lowest BCUT2D eigenvalue weighted by Gasteiger charge is -2.26. The van der Waals surface area contributed by atoms with Crippen molar-refractivity contribution < 1.29 is 17.9 Å². The van der Waals surface area contributed by atoms with Gasteiger partial charge in [0.05, 0.1) is 34.7 Å². The van der Waals surface area contributed by atoms with Crippen LogP contribution in [0.5, 0.6) is 0 Å². The Labute approximate surface area is 189 Å². The zero-order chi connectivity index (χ0) is 22.8. The van der Waals surface area contributed by atoms with E-state index in [-0.39, 0.29) is 40.0 Å². The molecule has 6 nitrogen and oxygen atoms in total. The minimum atomic E-state index is -3.72. The summed E-state index contributed by atoms with van der Waals surface area (Å²) in [6.45, 7) is 9.60. The highest BCUT2D eigenvalue weighted by atomic mass is 35.5. The highest BCUT2D eigenvalue weighted by Gasteiger charge is 2.28. The Bertz CT molecular complexity index is 1040. The van der Waals surface area contributed by atoms with Crippen molar-refractivity contribution in [1.29, 1.82) is 0 Å². The first kappa shape index (κ1) is 23.7. The lowest BCUT2D eigenvalue weighted by molar-refractivity contribution is 0.0730. The summed E-state index contributed by atoms with van der Waals surface area (Å²) in [7, 11) is -3.72. The van der Waals surface area contributed by atoms with Crippen LogP contribution in [0.15, 0.2) is 47.4 Å². The second kappa shape index (κ2) is 9.28. The van der Waals surface area contributed by atoms with E-state index in [0.717, 1.165) is 5.56 Å². The molecule has 0 spiro atoms. The maximum absolute atomic E-state index is 12.9. The smallest absolute Gasteiger partial charge is 0.253 e. The first-order chi connectivity index (χ1) is 14.5. The van der Waals surface area contributed by atoms with Crippen LogP contribution in [0.25, 0.3) is 0 Å². The van der Waals surface area contributed by atoms with Crippen molar-refractivity contribution in [2.45, 2.75) is 44.0 Å². The number of amides is 1. The van der Waals surface area contributed by atoms with Crippen LogP contribution in [0.4, 0.5) is 0 Å². The SMILES string of the molecule is C[C@@H](NC(=O)c1cc(S(=O)(=O)N2CCOCC2)ccc1Cl)c1ccc(C(C)(C)C)cc1. The van der Waals surface area contributed by atoms with Crippen LogP contribution in [-0.2, 0) is 20.2 Å². The molecule has 0 unspecified atom stereocenters. The quantitative estimate of drug-likeness (QED) is 0.721. The van der Waals surface area contributed by atoms with Gasteiger partial charge in [0.15, 0.2) is 0 Å². The van der Waals surface area contributed by atoms with Crippen molar-refractivity contribution in [3.8, 4) is 0 Å². The molecule has 1 heterocycles. The molecule has 1 saturated heterocycles. The number of benzene rings is 2. The van der Waals surface area contributed by atoms with Crippen molar-refractivity contribution in [2.75, 3.05) is 26.3 Å². The second-order valence-corrected chi connectivity index (χ2v) is 11.1. The van der Waals surface area contributed by atoms with E-state index in [1.165, 1.54) is 28.1 Å². The Morgan fingerprint density at radius 3 is 2.29 bits per heavy atom. The topological polar surface area (TPSA) is 75.7 Å². The number of morpholine rings is 1. The van der Waals surface area contributed by atoms with Crippen LogP contribution < -0.4 is 5.32 Å². The molecule has 1 amide bonds. The Morgan fingerprint density at radius 1 is 1.10 bits per heavy atom. The third-order valence-corrected chi connectivity index (χ3v) is 7.64. The molecule has 1 aliphatic rings. The van der Waals surface area contributed by atoms with Crippen molar-refractivity contribution in [2.24, 2.45) is 0 Å². The molecule has 2 aromatic rings. The molecular weight excluding hydrogens is 436 g/mol. The number of carbonyl (C=O) groups excluding carboxylic acids is 1. The number of hydrogen-bond acceptors (Lipinski definition) is 4. The molecule has 1 aliphatic heterocycles. The van der Waals surface area contributed by atoms with Gasteiger partial charge in [0.2, 0.25) is 10.0 Å². The fourth-order valence-corrected chi connectivity index (χ4v) is 5.04. The van der Waals surface area contributed by atoms with Gasteiger partial charge in [-0.15, -0.1) is 0 Å². The van der Waals surface area contributed by atoms with Crippen LogP contribution in [0.2, 0.25) is 5.02 Å². The standard InChI is InChI=1S/C23H29ClN2O4S/c1-16(17-5-7-18(8-6-17)23(2,3)4)25-22(27)20-15-19(9-10-21(20)24)31(28,29)26-11-13-30-14-12-26/h5-10,15-16H,11-14H2,1-4H3,(H,25,27)/t16-/m1/s1. The minimum absolute atomic E-state index is 0.0466. The predicted octanol–water partition coefficient (Wildman–Crippen LogP) is 4.15. The van der Waals surface area contributed by atoms with Gasteiger partial charge in [-0.2, -0.15) is 4.31 Å². The van der Waals surface area contributed by atoms with Gasteiger partial charge in [-0.1, -0.05) is 56.6 Å². The molecule has 2 aromatic carbocycles. The van der Waals surface area contributed by atoms with Crippen LogP contribution in [0.1, 0.15) is 55.2 Å². The molecule has 1 atom stereocenters. The highest BCUT2D eigenvalue weighted by molar-refractivity contribution is 7.89. The third-order valence-electron chi connectivity index (χ3n) is 5.41. The van der Waals surface area contributed by atoms with E-state index in [0.29, 0.717) is 13.2 Å². The number of nitrogens with one attached hydrogen (secondary N) is 1. The molecule has 3 rings (SSSR count). The summed E-state index contributed by atoms with van der Waals surface area (Å²) in [5, 5.41) is 3.12. The molecule has 8 heteroatoms. The molecule has 1 fully saturated rings. The summed E-state index contributed by atoms with van der Waals surface area (Å²) >= 11 is 6.24. The van der Waals surface area contributed by atoms with Crippen LogP contribution in [-0.4, -0.2) is 44.9 Å². The number of halogens is 1. The molecule has 0 aromatic heterocycles. The average Bonchev–Trinajstić information content (AvgIpc) is 2.74. The van der Waals surface area contributed by atoms with Crippen LogP contribution in [0, 0.1) is 0 Å². The zero-order valence-electron chi connectivity index (χ0n) is 18.3. The lowest BCUT2D eigenvalue weighted by atomic mass is 9.86. The largest absolute Gasteiger partial charge is 0.379 e. The zero-order valence-corrected chi connectivity index (χ0v) is 19.9. The molecule has 31 heavy (non-hydrogen) atoms.